The Morgan fingerprint density at radius 1 is 1.39 bits per heavy atom. The van der Waals surface area contributed by atoms with Crippen LogP contribution in [0.2, 0.25) is 0 Å². The minimum absolute atomic E-state index is 0.0954. The number of methoxy groups -OCH3 is 1. The van der Waals surface area contributed by atoms with E-state index >= 15 is 0 Å². The zero-order valence-corrected chi connectivity index (χ0v) is 13.4. The monoisotopic (exact) mass is 319 g/mol. The largest absolute Gasteiger partial charge is 0.497 e. The van der Waals surface area contributed by atoms with E-state index < -0.39 is 0 Å². The maximum atomic E-state index is 12.7. The Balaban J connectivity index is 1.78. The molecule has 2 heterocycles. The molecule has 0 aliphatic carbocycles. The number of likely N-dealkylation sites (tertiary alicyclic amines) is 1. The van der Waals surface area contributed by atoms with Crippen LogP contribution in [0, 0.1) is 11.3 Å². The van der Waals surface area contributed by atoms with E-state index in [4.69, 9.17) is 14.2 Å². The first-order chi connectivity index (χ1) is 11.1. The number of hydrogen-bond acceptors (Lipinski definition) is 5. The Morgan fingerprint density at radius 2 is 2.17 bits per heavy atom. The van der Waals surface area contributed by atoms with Crippen LogP contribution in [-0.2, 0) is 14.3 Å². The number of rotatable bonds is 4. The minimum atomic E-state index is -0.314. The molecule has 1 spiro atoms. The molecule has 1 unspecified atom stereocenters. The van der Waals surface area contributed by atoms with Crippen LogP contribution >= 0.6 is 0 Å². The molecule has 0 N–H and O–H groups in total. The Labute approximate surface area is 135 Å². The molecule has 6 nitrogen and oxygen atoms in total. The molecule has 0 radical (unpaired) electrons. The number of esters is 1. The van der Waals surface area contributed by atoms with Crippen LogP contribution in [0.1, 0.15) is 17.3 Å². The zero-order valence-electron chi connectivity index (χ0n) is 13.4. The second-order valence-corrected chi connectivity index (χ2v) is 6.08. The molecule has 1 atom stereocenters. The second kappa shape index (κ2) is 6.20. The van der Waals surface area contributed by atoms with Crippen LogP contribution in [0.5, 0.6) is 5.75 Å². The summed E-state index contributed by atoms with van der Waals surface area (Å²) in [6.45, 7) is 4.02. The highest BCUT2D eigenvalue weighted by Gasteiger charge is 2.56. The number of carbonyl (C=O) groups excluding carboxylic acids is 2. The van der Waals surface area contributed by atoms with Gasteiger partial charge in [-0.2, -0.15) is 0 Å². The average Bonchev–Trinajstić information content (AvgIpc) is 2.95. The molecule has 1 amide bonds. The number of benzene rings is 1. The van der Waals surface area contributed by atoms with Crippen molar-refractivity contribution >= 4 is 11.9 Å². The average molecular weight is 319 g/mol. The molecule has 1 aromatic rings. The van der Waals surface area contributed by atoms with Crippen molar-refractivity contribution in [2.75, 3.05) is 40.0 Å². The molecule has 23 heavy (non-hydrogen) atoms. The van der Waals surface area contributed by atoms with E-state index in [0.29, 0.717) is 44.2 Å². The first kappa shape index (κ1) is 15.8. The van der Waals surface area contributed by atoms with Gasteiger partial charge in [-0.25, -0.2) is 0 Å². The van der Waals surface area contributed by atoms with Crippen molar-refractivity contribution in [1.29, 1.82) is 0 Å². The van der Waals surface area contributed by atoms with Gasteiger partial charge < -0.3 is 19.1 Å². The third-order valence-corrected chi connectivity index (χ3v) is 4.60. The molecule has 0 aromatic heterocycles. The van der Waals surface area contributed by atoms with E-state index in [1.165, 1.54) is 0 Å². The Hall–Kier alpha value is -2.08. The van der Waals surface area contributed by atoms with Crippen LogP contribution in [0.15, 0.2) is 24.3 Å². The van der Waals surface area contributed by atoms with Crippen LogP contribution in [0.4, 0.5) is 0 Å². The number of hydrogen-bond donors (Lipinski definition) is 0. The van der Waals surface area contributed by atoms with Gasteiger partial charge in [0.1, 0.15) is 5.75 Å². The number of nitrogens with zero attached hydrogens (tertiary/aromatic N) is 1. The van der Waals surface area contributed by atoms with Crippen molar-refractivity contribution in [3.05, 3.63) is 29.8 Å². The van der Waals surface area contributed by atoms with Crippen molar-refractivity contribution in [2.24, 2.45) is 11.3 Å². The smallest absolute Gasteiger partial charge is 0.311 e. The molecule has 2 fully saturated rings. The van der Waals surface area contributed by atoms with E-state index in [1.54, 1.807) is 43.2 Å². The molecule has 0 bridgehead atoms. The van der Waals surface area contributed by atoms with Gasteiger partial charge in [-0.3, -0.25) is 9.59 Å². The van der Waals surface area contributed by atoms with Crippen LogP contribution in [0.25, 0.3) is 0 Å². The predicted octanol–water partition coefficient (Wildman–Crippen LogP) is 1.35. The summed E-state index contributed by atoms with van der Waals surface area (Å²) in [6.07, 6.45) is 0. The highest BCUT2D eigenvalue weighted by atomic mass is 16.5. The third-order valence-electron chi connectivity index (χ3n) is 4.60. The lowest BCUT2D eigenvalue weighted by molar-refractivity contribution is -0.169. The lowest BCUT2D eigenvalue weighted by Gasteiger charge is -2.40. The second-order valence-electron chi connectivity index (χ2n) is 6.08. The summed E-state index contributed by atoms with van der Waals surface area (Å²) in [6, 6.07) is 7.05. The van der Waals surface area contributed by atoms with Gasteiger partial charge in [-0.15, -0.1) is 0 Å². The lowest BCUT2D eigenvalue weighted by atomic mass is 9.76. The summed E-state index contributed by atoms with van der Waals surface area (Å²) in [4.78, 5) is 26.7. The van der Waals surface area contributed by atoms with E-state index in [-0.39, 0.29) is 23.2 Å². The van der Waals surface area contributed by atoms with Crippen molar-refractivity contribution < 1.29 is 23.8 Å². The molecule has 2 aliphatic heterocycles. The molecular weight excluding hydrogens is 298 g/mol. The van der Waals surface area contributed by atoms with Crippen molar-refractivity contribution in [3.63, 3.8) is 0 Å². The predicted molar refractivity (Wildman–Crippen MR) is 82.3 cm³/mol. The third kappa shape index (κ3) is 2.79. The summed E-state index contributed by atoms with van der Waals surface area (Å²) >= 11 is 0. The van der Waals surface area contributed by atoms with Gasteiger partial charge in [0.15, 0.2) is 0 Å². The highest BCUT2D eigenvalue weighted by Crippen LogP contribution is 2.43. The van der Waals surface area contributed by atoms with E-state index in [9.17, 15) is 9.59 Å². The molecule has 124 valence electrons. The van der Waals surface area contributed by atoms with Gasteiger partial charge in [0.2, 0.25) is 0 Å². The molecular formula is C17H21NO5. The molecule has 2 aliphatic rings. The quantitative estimate of drug-likeness (QED) is 0.784. The number of ether oxygens (including phenoxy) is 3. The standard InChI is InChI=1S/C17H21NO5/c1-3-23-16(20)14-8-18(9-17(14)10-22-11-17)15(19)12-5-4-6-13(7-12)21-2/h4-7,14H,3,8-11H2,1-2H3. The summed E-state index contributed by atoms with van der Waals surface area (Å²) in [5, 5.41) is 0. The Bertz CT molecular complexity index is 611. The normalized spacial score (nSPS) is 21.8. The lowest BCUT2D eigenvalue weighted by Crippen LogP contribution is -2.51. The van der Waals surface area contributed by atoms with Crippen LogP contribution < -0.4 is 4.74 Å². The van der Waals surface area contributed by atoms with Gasteiger partial charge in [0.25, 0.3) is 5.91 Å². The summed E-state index contributed by atoms with van der Waals surface area (Å²) in [7, 11) is 1.57. The van der Waals surface area contributed by atoms with E-state index in [0.717, 1.165) is 0 Å². The molecule has 1 aromatic carbocycles. The van der Waals surface area contributed by atoms with Crippen molar-refractivity contribution in [1.82, 2.24) is 4.90 Å². The van der Waals surface area contributed by atoms with Gasteiger partial charge in [0.05, 0.1) is 32.8 Å². The maximum absolute atomic E-state index is 12.7. The fourth-order valence-electron chi connectivity index (χ4n) is 3.29. The Kier molecular flexibility index (Phi) is 4.26. The molecule has 6 heteroatoms. The van der Waals surface area contributed by atoms with E-state index in [1.807, 2.05) is 0 Å². The molecule has 0 saturated carbocycles. The summed E-state index contributed by atoms with van der Waals surface area (Å²) in [5.41, 5.74) is 0.269. The first-order valence-electron chi connectivity index (χ1n) is 7.77. The SMILES string of the molecule is CCOC(=O)C1CN(C(=O)c2cccc(OC)c2)CC12COC2. The van der Waals surface area contributed by atoms with Crippen molar-refractivity contribution in [3.8, 4) is 5.75 Å². The van der Waals surface area contributed by atoms with Crippen LogP contribution in [0.3, 0.4) is 0 Å². The summed E-state index contributed by atoms with van der Waals surface area (Å²) in [5.74, 6) is -0.0110. The summed E-state index contributed by atoms with van der Waals surface area (Å²) < 4.78 is 15.7. The van der Waals surface area contributed by atoms with Gasteiger partial charge in [-0.05, 0) is 25.1 Å². The molecule has 3 rings (SSSR count). The fraction of sp³-hybridized carbons (Fsp3) is 0.529. The van der Waals surface area contributed by atoms with E-state index in [2.05, 4.69) is 0 Å². The van der Waals surface area contributed by atoms with Crippen LogP contribution in [-0.4, -0.2) is 56.8 Å². The zero-order chi connectivity index (χ0) is 16.4. The topological polar surface area (TPSA) is 65.1 Å². The maximum Gasteiger partial charge on any atom is 0.311 e. The Morgan fingerprint density at radius 3 is 2.78 bits per heavy atom. The number of amides is 1. The van der Waals surface area contributed by atoms with Gasteiger partial charge >= 0.3 is 5.97 Å². The molecule has 2 saturated heterocycles. The van der Waals surface area contributed by atoms with Gasteiger partial charge in [0, 0.05) is 24.1 Å². The first-order valence-corrected chi connectivity index (χ1v) is 7.77. The highest BCUT2D eigenvalue weighted by molar-refractivity contribution is 5.95. The minimum Gasteiger partial charge on any atom is -0.497 e. The fourth-order valence-corrected chi connectivity index (χ4v) is 3.29. The van der Waals surface area contributed by atoms with Crippen molar-refractivity contribution in [2.45, 2.75) is 6.92 Å². The van der Waals surface area contributed by atoms with Gasteiger partial charge in [-0.1, -0.05) is 6.07 Å². The number of carbonyl (C=O) groups is 2.